The van der Waals surface area contributed by atoms with Crippen LogP contribution in [0.5, 0.6) is 0 Å². The lowest BCUT2D eigenvalue weighted by Crippen LogP contribution is -2.03. The van der Waals surface area contributed by atoms with Crippen molar-refractivity contribution in [1.82, 2.24) is 0 Å². The summed E-state index contributed by atoms with van der Waals surface area (Å²) in [5.41, 5.74) is 3.81. The maximum atomic E-state index is 12.2. The monoisotopic (exact) mass is 290 g/mol. The number of benzene rings is 1. The van der Waals surface area contributed by atoms with Crippen LogP contribution in [0.4, 0.5) is 5.69 Å². The smallest absolute Gasteiger partial charge is 0.256 e. The fraction of sp³-hybridized carbons (Fsp3) is 0.222. The summed E-state index contributed by atoms with van der Waals surface area (Å²) in [5, 5.41) is 12.3. The third-order valence-corrected chi connectivity index (χ3v) is 4.30. The van der Waals surface area contributed by atoms with Gasteiger partial charge in [0, 0.05) is 23.2 Å². The van der Waals surface area contributed by atoms with Crippen molar-refractivity contribution in [1.29, 1.82) is 5.26 Å². The molecule has 1 aromatic carbocycles. The fourth-order valence-corrected chi connectivity index (χ4v) is 3.22. The summed E-state index contributed by atoms with van der Waals surface area (Å²) in [6.07, 6.45) is 5.63. The summed E-state index contributed by atoms with van der Waals surface area (Å²) < 4.78 is 5.87. The third-order valence-electron chi connectivity index (χ3n) is 4.30. The lowest BCUT2D eigenvalue weighted by molar-refractivity contribution is -0.110. The van der Waals surface area contributed by atoms with E-state index in [9.17, 15) is 10.1 Å². The molecule has 2 heterocycles. The van der Waals surface area contributed by atoms with Crippen molar-refractivity contribution in [2.24, 2.45) is 0 Å². The van der Waals surface area contributed by atoms with Crippen LogP contribution in [0.15, 0.2) is 28.7 Å². The summed E-state index contributed by atoms with van der Waals surface area (Å²) in [4.78, 5) is 12.2. The van der Waals surface area contributed by atoms with Gasteiger partial charge in [0.2, 0.25) is 0 Å². The highest BCUT2D eigenvalue weighted by Gasteiger charge is 2.26. The van der Waals surface area contributed by atoms with Crippen molar-refractivity contribution in [3.05, 3.63) is 52.5 Å². The number of hydrogen-bond acceptors (Lipinski definition) is 3. The number of fused-ring (bicyclic) bond motifs is 2. The first-order valence-corrected chi connectivity index (χ1v) is 7.45. The molecule has 0 unspecified atom stereocenters. The molecule has 0 atom stereocenters. The number of para-hydroxylation sites is 1. The number of hydrogen-bond donors (Lipinski definition) is 1. The lowest BCUT2D eigenvalue weighted by atomic mass is 9.94. The molecule has 108 valence electrons. The Kier molecular flexibility index (Phi) is 2.87. The fourth-order valence-electron chi connectivity index (χ4n) is 3.22. The van der Waals surface area contributed by atoms with Gasteiger partial charge < -0.3 is 9.73 Å². The van der Waals surface area contributed by atoms with Gasteiger partial charge in [-0.3, -0.25) is 4.79 Å². The van der Waals surface area contributed by atoms with Gasteiger partial charge in [-0.2, -0.15) is 5.26 Å². The zero-order valence-corrected chi connectivity index (χ0v) is 12.0. The molecular weight excluding hydrogens is 276 g/mol. The molecule has 4 nitrogen and oxygen atoms in total. The SMILES string of the molecule is N#Cc1c(C=C2C(=O)Nc3ccccc32)oc2c1CCCC2. The van der Waals surface area contributed by atoms with E-state index in [1.165, 1.54) is 0 Å². The average molecular weight is 290 g/mol. The Hall–Kier alpha value is -2.80. The molecule has 1 amide bonds. The van der Waals surface area contributed by atoms with Crippen molar-refractivity contribution < 1.29 is 9.21 Å². The number of nitriles is 1. The molecule has 2 aromatic rings. The number of nitrogens with zero attached hydrogens (tertiary/aromatic N) is 1. The molecule has 1 aromatic heterocycles. The number of rotatable bonds is 1. The van der Waals surface area contributed by atoms with E-state index in [4.69, 9.17) is 4.42 Å². The predicted octanol–water partition coefficient (Wildman–Crippen LogP) is 3.52. The molecular formula is C18H14N2O2. The normalized spacial score (nSPS) is 17.8. The largest absolute Gasteiger partial charge is 0.460 e. The van der Waals surface area contributed by atoms with E-state index in [0.717, 1.165) is 48.3 Å². The van der Waals surface area contributed by atoms with Crippen molar-refractivity contribution >= 4 is 23.2 Å². The zero-order chi connectivity index (χ0) is 15.1. The van der Waals surface area contributed by atoms with E-state index in [2.05, 4.69) is 11.4 Å². The van der Waals surface area contributed by atoms with Gasteiger partial charge in [0.15, 0.2) is 0 Å². The Morgan fingerprint density at radius 1 is 1.23 bits per heavy atom. The first-order valence-electron chi connectivity index (χ1n) is 7.45. The zero-order valence-electron chi connectivity index (χ0n) is 12.0. The average Bonchev–Trinajstić information content (AvgIpc) is 3.05. The molecule has 0 fully saturated rings. The lowest BCUT2D eigenvalue weighted by Gasteiger charge is -2.07. The number of aryl methyl sites for hydroxylation is 1. The van der Waals surface area contributed by atoms with E-state index in [-0.39, 0.29) is 5.91 Å². The summed E-state index contributed by atoms with van der Waals surface area (Å²) in [7, 11) is 0. The van der Waals surface area contributed by atoms with Crippen LogP contribution < -0.4 is 5.32 Å². The second-order valence-electron chi connectivity index (χ2n) is 5.62. The predicted molar refractivity (Wildman–Crippen MR) is 83.0 cm³/mol. The van der Waals surface area contributed by atoms with Crippen molar-refractivity contribution in [3.63, 3.8) is 0 Å². The highest BCUT2D eigenvalue weighted by molar-refractivity contribution is 6.34. The molecule has 0 saturated carbocycles. The topological polar surface area (TPSA) is 66.0 Å². The maximum Gasteiger partial charge on any atom is 0.256 e. The highest BCUT2D eigenvalue weighted by Crippen LogP contribution is 2.36. The van der Waals surface area contributed by atoms with Crippen LogP contribution in [-0.2, 0) is 17.6 Å². The molecule has 0 radical (unpaired) electrons. The van der Waals surface area contributed by atoms with E-state index in [1.807, 2.05) is 24.3 Å². The molecule has 0 bridgehead atoms. The Balaban J connectivity index is 1.86. The van der Waals surface area contributed by atoms with Crippen LogP contribution in [0.3, 0.4) is 0 Å². The summed E-state index contributed by atoms with van der Waals surface area (Å²) in [5.74, 6) is 1.26. The molecule has 4 heteroatoms. The molecule has 1 N–H and O–H groups in total. The first-order chi connectivity index (χ1) is 10.8. The van der Waals surface area contributed by atoms with Gasteiger partial charge in [-0.15, -0.1) is 0 Å². The number of amides is 1. The summed E-state index contributed by atoms with van der Waals surface area (Å²) >= 11 is 0. The van der Waals surface area contributed by atoms with Gasteiger partial charge >= 0.3 is 0 Å². The quantitative estimate of drug-likeness (QED) is 0.817. The van der Waals surface area contributed by atoms with Gasteiger partial charge in [-0.25, -0.2) is 0 Å². The molecule has 0 spiro atoms. The molecule has 2 aliphatic rings. The molecule has 0 saturated heterocycles. The van der Waals surface area contributed by atoms with Crippen LogP contribution in [0.25, 0.3) is 11.6 Å². The Labute approximate surface area is 128 Å². The van der Waals surface area contributed by atoms with Gasteiger partial charge in [0.05, 0.1) is 5.57 Å². The van der Waals surface area contributed by atoms with Crippen molar-refractivity contribution in [3.8, 4) is 6.07 Å². The maximum absolute atomic E-state index is 12.2. The number of nitrogens with one attached hydrogen (secondary N) is 1. The van der Waals surface area contributed by atoms with E-state index < -0.39 is 0 Å². The number of carbonyl (C=O) groups is 1. The van der Waals surface area contributed by atoms with Crippen LogP contribution >= 0.6 is 0 Å². The summed E-state index contributed by atoms with van der Waals surface area (Å²) in [6.45, 7) is 0. The number of anilines is 1. The molecule has 1 aliphatic heterocycles. The van der Waals surface area contributed by atoms with Crippen molar-refractivity contribution in [2.75, 3.05) is 5.32 Å². The Morgan fingerprint density at radius 2 is 2.05 bits per heavy atom. The third kappa shape index (κ3) is 1.86. The second-order valence-corrected chi connectivity index (χ2v) is 5.62. The number of furan rings is 1. The van der Waals surface area contributed by atoms with E-state index in [1.54, 1.807) is 6.08 Å². The van der Waals surface area contributed by atoms with Crippen LogP contribution in [0.1, 0.15) is 41.1 Å². The standard InChI is InChI=1S/C18H14N2O2/c19-10-14-12-6-2-4-8-16(12)22-17(14)9-13-11-5-1-3-7-15(11)20-18(13)21/h1,3,5,7,9H,2,4,6,8H2,(H,20,21). The van der Waals surface area contributed by atoms with Gasteiger partial charge in [-0.05, 0) is 31.4 Å². The minimum atomic E-state index is -0.153. The highest BCUT2D eigenvalue weighted by atomic mass is 16.3. The van der Waals surface area contributed by atoms with E-state index >= 15 is 0 Å². The van der Waals surface area contributed by atoms with Crippen LogP contribution in [-0.4, -0.2) is 5.91 Å². The molecule has 22 heavy (non-hydrogen) atoms. The first kappa shape index (κ1) is 12.9. The van der Waals surface area contributed by atoms with Crippen LogP contribution in [0, 0.1) is 11.3 Å². The van der Waals surface area contributed by atoms with Gasteiger partial charge in [-0.1, -0.05) is 18.2 Å². The molecule has 1 aliphatic carbocycles. The number of carbonyl (C=O) groups excluding carboxylic acids is 1. The van der Waals surface area contributed by atoms with E-state index in [0.29, 0.717) is 16.9 Å². The molecule has 4 rings (SSSR count). The Bertz CT molecular complexity index is 852. The minimum absolute atomic E-state index is 0.153. The van der Waals surface area contributed by atoms with Gasteiger partial charge in [0.25, 0.3) is 5.91 Å². The summed E-state index contributed by atoms with van der Waals surface area (Å²) in [6, 6.07) is 9.79. The van der Waals surface area contributed by atoms with Crippen molar-refractivity contribution in [2.45, 2.75) is 25.7 Å². The second kappa shape index (κ2) is 4.88. The Morgan fingerprint density at radius 3 is 2.91 bits per heavy atom. The van der Waals surface area contributed by atoms with Crippen LogP contribution in [0.2, 0.25) is 0 Å². The van der Waals surface area contributed by atoms with Gasteiger partial charge in [0.1, 0.15) is 23.2 Å². The minimum Gasteiger partial charge on any atom is -0.460 e.